The fraction of sp³-hybridized carbons (Fsp3) is 0.909. The van der Waals surface area contributed by atoms with Gasteiger partial charge in [0.2, 0.25) is 6.08 Å². The van der Waals surface area contributed by atoms with Crippen LogP contribution in [0.25, 0.3) is 0 Å². The Hall–Kier alpha value is -0.660. The van der Waals surface area contributed by atoms with E-state index in [1.165, 1.54) is 32.1 Å². The molecule has 0 bridgehead atoms. The number of aliphatic imine (C=N–C) groups is 1. The summed E-state index contributed by atoms with van der Waals surface area (Å²) in [6.07, 6.45) is 7.90. The number of isocyanates is 1. The molecule has 3 nitrogen and oxygen atoms in total. The van der Waals surface area contributed by atoms with E-state index in [9.17, 15) is 4.79 Å². The van der Waals surface area contributed by atoms with Crippen LogP contribution in [-0.2, 0) is 4.79 Å². The normalized spacial score (nSPS) is 21.4. The summed E-state index contributed by atoms with van der Waals surface area (Å²) in [7, 11) is 6.60. The fourth-order valence-corrected chi connectivity index (χ4v) is 2.43. The van der Waals surface area contributed by atoms with Gasteiger partial charge in [0.15, 0.2) is 0 Å². The van der Waals surface area contributed by atoms with Crippen molar-refractivity contribution >= 4 is 6.08 Å². The highest BCUT2D eigenvalue weighted by atomic mass is 16.1. The minimum Gasteiger partial charge on any atom is -0.325 e. The van der Waals surface area contributed by atoms with Gasteiger partial charge in [-0.05, 0) is 12.8 Å². The van der Waals surface area contributed by atoms with Crippen LogP contribution < -0.4 is 0 Å². The van der Waals surface area contributed by atoms with E-state index in [0.717, 1.165) is 4.48 Å². The van der Waals surface area contributed by atoms with Crippen molar-refractivity contribution < 1.29 is 9.28 Å². The summed E-state index contributed by atoms with van der Waals surface area (Å²) >= 11 is 0. The topological polar surface area (TPSA) is 29.4 Å². The average Bonchev–Trinajstić information content (AvgIpc) is 2.14. The Labute approximate surface area is 86.4 Å². The van der Waals surface area contributed by atoms with Crippen LogP contribution in [0.5, 0.6) is 0 Å². The molecule has 1 saturated carbocycles. The van der Waals surface area contributed by atoms with E-state index in [1.54, 1.807) is 6.08 Å². The second-order valence-electron chi connectivity index (χ2n) is 5.20. The summed E-state index contributed by atoms with van der Waals surface area (Å²) in [5, 5.41) is 0. The summed E-state index contributed by atoms with van der Waals surface area (Å²) in [5.74, 6) is 0. The van der Waals surface area contributed by atoms with Crippen molar-refractivity contribution in [2.45, 2.75) is 37.6 Å². The van der Waals surface area contributed by atoms with E-state index in [0.29, 0.717) is 6.54 Å². The molecular formula is C11H21N2O+. The van der Waals surface area contributed by atoms with Crippen molar-refractivity contribution in [2.24, 2.45) is 4.99 Å². The third-order valence-corrected chi connectivity index (χ3v) is 3.65. The zero-order valence-corrected chi connectivity index (χ0v) is 9.55. The highest BCUT2D eigenvalue weighted by molar-refractivity contribution is 5.33. The molecule has 0 aromatic carbocycles. The lowest BCUT2D eigenvalue weighted by Gasteiger charge is -2.47. The van der Waals surface area contributed by atoms with Gasteiger partial charge in [-0.15, -0.1) is 0 Å². The maximum Gasteiger partial charge on any atom is 0.235 e. The van der Waals surface area contributed by atoms with Crippen LogP contribution in [0, 0.1) is 0 Å². The molecule has 0 aromatic heterocycles. The minimum atomic E-state index is 0.176. The van der Waals surface area contributed by atoms with Crippen LogP contribution >= 0.6 is 0 Å². The van der Waals surface area contributed by atoms with Crippen LogP contribution in [0.3, 0.4) is 0 Å². The smallest absolute Gasteiger partial charge is 0.235 e. The van der Waals surface area contributed by atoms with E-state index >= 15 is 0 Å². The zero-order chi connectivity index (χ0) is 10.7. The Balaban J connectivity index is 2.82. The van der Waals surface area contributed by atoms with Crippen molar-refractivity contribution in [3.05, 3.63) is 0 Å². The number of hydrogen-bond donors (Lipinski definition) is 0. The minimum absolute atomic E-state index is 0.176. The first-order chi connectivity index (χ1) is 6.52. The predicted octanol–water partition coefficient (Wildman–Crippen LogP) is 1.73. The molecule has 80 valence electrons. The SMILES string of the molecule is C[N+](C)(C)C1(CN=C=O)CCCCC1. The Morgan fingerprint density at radius 2 is 1.79 bits per heavy atom. The summed E-state index contributed by atoms with van der Waals surface area (Å²) < 4.78 is 0.901. The second-order valence-corrected chi connectivity index (χ2v) is 5.20. The molecule has 0 heterocycles. The number of nitrogens with zero attached hydrogens (tertiary/aromatic N) is 2. The average molecular weight is 197 g/mol. The number of hydrogen-bond acceptors (Lipinski definition) is 2. The van der Waals surface area contributed by atoms with Crippen molar-refractivity contribution in [3.63, 3.8) is 0 Å². The molecule has 0 aromatic rings. The molecule has 0 aliphatic heterocycles. The van der Waals surface area contributed by atoms with E-state index in [4.69, 9.17) is 0 Å². The Morgan fingerprint density at radius 1 is 1.21 bits per heavy atom. The second kappa shape index (κ2) is 4.24. The molecule has 14 heavy (non-hydrogen) atoms. The summed E-state index contributed by atoms with van der Waals surface area (Å²) in [5.41, 5.74) is 0.176. The van der Waals surface area contributed by atoms with Gasteiger partial charge in [-0.3, -0.25) is 0 Å². The van der Waals surface area contributed by atoms with Gasteiger partial charge in [0.05, 0.1) is 21.1 Å². The number of likely N-dealkylation sites (N-methyl/N-ethyl adjacent to an activating group) is 1. The molecule has 1 fully saturated rings. The van der Waals surface area contributed by atoms with Gasteiger partial charge in [-0.25, -0.2) is 4.79 Å². The van der Waals surface area contributed by atoms with Gasteiger partial charge in [-0.1, -0.05) is 6.42 Å². The third-order valence-electron chi connectivity index (χ3n) is 3.65. The van der Waals surface area contributed by atoms with Crippen LogP contribution in [0.4, 0.5) is 0 Å². The highest BCUT2D eigenvalue weighted by Crippen LogP contribution is 2.35. The van der Waals surface area contributed by atoms with Gasteiger partial charge in [-0.2, -0.15) is 4.99 Å². The fourth-order valence-electron chi connectivity index (χ4n) is 2.43. The van der Waals surface area contributed by atoms with Gasteiger partial charge in [0, 0.05) is 12.8 Å². The zero-order valence-electron chi connectivity index (χ0n) is 9.55. The Bertz CT molecular complexity index is 230. The first-order valence-electron chi connectivity index (χ1n) is 5.37. The highest BCUT2D eigenvalue weighted by Gasteiger charge is 2.43. The molecule has 0 saturated heterocycles. The molecule has 1 aliphatic carbocycles. The lowest BCUT2D eigenvalue weighted by molar-refractivity contribution is -0.924. The Morgan fingerprint density at radius 3 is 2.21 bits per heavy atom. The first kappa shape index (κ1) is 11.4. The van der Waals surface area contributed by atoms with Gasteiger partial charge >= 0.3 is 0 Å². The molecule has 0 atom stereocenters. The largest absolute Gasteiger partial charge is 0.325 e. The molecule has 0 amide bonds. The molecule has 0 N–H and O–H groups in total. The van der Waals surface area contributed by atoms with Crippen molar-refractivity contribution in [1.82, 2.24) is 0 Å². The van der Waals surface area contributed by atoms with E-state index in [-0.39, 0.29) is 5.54 Å². The molecule has 0 radical (unpaired) electrons. The van der Waals surface area contributed by atoms with Crippen molar-refractivity contribution in [1.29, 1.82) is 0 Å². The van der Waals surface area contributed by atoms with E-state index in [1.807, 2.05) is 0 Å². The molecular weight excluding hydrogens is 176 g/mol. The number of quaternary nitrogens is 1. The van der Waals surface area contributed by atoms with E-state index in [2.05, 4.69) is 26.1 Å². The molecule has 0 spiro atoms. The van der Waals surface area contributed by atoms with Crippen LogP contribution in [0.2, 0.25) is 0 Å². The number of carbonyl (C=O) groups excluding carboxylic acids is 1. The van der Waals surface area contributed by atoms with Crippen molar-refractivity contribution in [3.8, 4) is 0 Å². The first-order valence-corrected chi connectivity index (χ1v) is 5.37. The van der Waals surface area contributed by atoms with Crippen LogP contribution in [-0.4, -0.2) is 43.8 Å². The summed E-state index contributed by atoms with van der Waals surface area (Å²) in [6.45, 7) is 0.639. The molecule has 1 aliphatic rings. The van der Waals surface area contributed by atoms with Crippen LogP contribution in [0.15, 0.2) is 4.99 Å². The monoisotopic (exact) mass is 197 g/mol. The van der Waals surface area contributed by atoms with Gasteiger partial charge in [0.25, 0.3) is 0 Å². The maximum atomic E-state index is 10.2. The quantitative estimate of drug-likeness (QED) is 0.385. The molecule has 1 rings (SSSR count). The lowest BCUT2D eigenvalue weighted by atomic mass is 9.79. The van der Waals surface area contributed by atoms with Gasteiger partial charge < -0.3 is 4.48 Å². The standard InChI is InChI=1S/C11H21N2O/c1-13(2,3)11(9-12-10-14)7-5-4-6-8-11/h4-9H2,1-3H3/q+1. The van der Waals surface area contributed by atoms with E-state index < -0.39 is 0 Å². The van der Waals surface area contributed by atoms with Crippen LogP contribution in [0.1, 0.15) is 32.1 Å². The van der Waals surface area contributed by atoms with Crippen molar-refractivity contribution in [2.75, 3.05) is 27.7 Å². The summed E-state index contributed by atoms with van der Waals surface area (Å²) in [6, 6.07) is 0. The summed E-state index contributed by atoms with van der Waals surface area (Å²) in [4.78, 5) is 14.0. The lowest BCUT2D eigenvalue weighted by Crippen LogP contribution is -2.59. The predicted molar refractivity (Wildman–Crippen MR) is 56.8 cm³/mol. The molecule has 0 unspecified atom stereocenters. The third kappa shape index (κ3) is 2.23. The number of rotatable bonds is 3. The maximum absolute atomic E-state index is 10.2. The van der Waals surface area contributed by atoms with Gasteiger partial charge in [0.1, 0.15) is 12.1 Å². The Kier molecular flexibility index (Phi) is 3.46. The molecule has 3 heteroatoms.